The predicted molar refractivity (Wildman–Crippen MR) is 85.6 cm³/mol. The van der Waals surface area contributed by atoms with Crippen molar-refractivity contribution in [3.63, 3.8) is 0 Å². The quantitative estimate of drug-likeness (QED) is 0.466. The van der Waals surface area contributed by atoms with Crippen molar-refractivity contribution >= 4 is 22.4 Å². The van der Waals surface area contributed by atoms with Gasteiger partial charge in [-0.15, -0.1) is 0 Å². The Bertz CT molecular complexity index is 626. The van der Waals surface area contributed by atoms with E-state index in [2.05, 4.69) is 24.1 Å². The van der Waals surface area contributed by atoms with Crippen LogP contribution in [0.4, 0.5) is 11.5 Å². The number of benzene rings is 1. The van der Waals surface area contributed by atoms with E-state index in [0.29, 0.717) is 0 Å². The number of nitrogens with one attached hydrogen (secondary N) is 1. The van der Waals surface area contributed by atoms with Crippen molar-refractivity contribution in [2.45, 2.75) is 33.1 Å². The van der Waals surface area contributed by atoms with Crippen LogP contribution in [-0.4, -0.2) is 16.5 Å². The van der Waals surface area contributed by atoms with Gasteiger partial charge in [-0.1, -0.05) is 26.7 Å². The molecule has 0 radical (unpaired) electrons. The van der Waals surface area contributed by atoms with E-state index in [1.807, 2.05) is 12.1 Å². The number of anilines is 1. The maximum Gasteiger partial charge on any atom is 0.270 e. The molecule has 21 heavy (non-hydrogen) atoms. The van der Waals surface area contributed by atoms with E-state index in [9.17, 15) is 10.1 Å². The van der Waals surface area contributed by atoms with E-state index in [1.54, 1.807) is 12.1 Å². The number of hydrogen-bond donors (Lipinski definition) is 1. The lowest BCUT2D eigenvalue weighted by atomic mass is 10.1. The number of non-ortho nitro benzene ring substituents is 1. The summed E-state index contributed by atoms with van der Waals surface area (Å²) < 4.78 is 0. The Morgan fingerprint density at radius 2 is 2.05 bits per heavy atom. The molecular weight excluding hydrogens is 266 g/mol. The van der Waals surface area contributed by atoms with Gasteiger partial charge in [0.1, 0.15) is 5.82 Å². The number of nitro groups is 1. The minimum Gasteiger partial charge on any atom is -0.370 e. The molecule has 0 saturated heterocycles. The average Bonchev–Trinajstić information content (AvgIpc) is 2.45. The van der Waals surface area contributed by atoms with Gasteiger partial charge in [0.15, 0.2) is 0 Å². The lowest BCUT2D eigenvalue weighted by Crippen LogP contribution is -2.03. The van der Waals surface area contributed by atoms with Gasteiger partial charge in [-0.2, -0.15) is 0 Å². The van der Waals surface area contributed by atoms with Crippen molar-refractivity contribution in [1.82, 2.24) is 4.98 Å². The molecule has 0 saturated carbocycles. The molecule has 0 aliphatic carbocycles. The van der Waals surface area contributed by atoms with Gasteiger partial charge in [-0.05, 0) is 30.5 Å². The first-order chi connectivity index (χ1) is 10.1. The van der Waals surface area contributed by atoms with Crippen LogP contribution in [-0.2, 0) is 0 Å². The van der Waals surface area contributed by atoms with Crippen LogP contribution in [0.5, 0.6) is 0 Å². The third-order valence-electron chi connectivity index (χ3n) is 3.40. The molecule has 0 fully saturated rings. The van der Waals surface area contributed by atoms with Crippen LogP contribution in [0.25, 0.3) is 10.9 Å². The molecule has 5 nitrogen and oxygen atoms in total. The minimum absolute atomic E-state index is 0.0960. The first kappa shape index (κ1) is 15.2. The molecule has 0 bridgehead atoms. The van der Waals surface area contributed by atoms with Crippen LogP contribution in [0, 0.1) is 16.0 Å². The summed E-state index contributed by atoms with van der Waals surface area (Å²) >= 11 is 0. The Morgan fingerprint density at radius 3 is 2.76 bits per heavy atom. The highest BCUT2D eigenvalue weighted by atomic mass is 16.6. The highest BCUT2D eigenvalue weighted by Gasteiger charge is 2.07. The van der Waals surface area contributed by atoms with Gasteiger partial charge >= 0.3 is 0 Å². The van der Waals surface area contributed by atoms with Crippen LogP contribution in [0.15, 0.2) is 30.3 Å². The van der Waals surface area contributed by atoms with E-state index in [1.165, 1.54) is 18.9 Å². The van der Waals surface area contributed by atoms with E-state index < -0.39 is 0 Å². The zero-order chi connectivity index (χ0) is 15.2. The Morgan fingerprint density at radius 1 is 1.24 bits per heavy atom. The fraction of sp³-hybridized carbons (Fsp3) is 0.438. The van der Waals surface area contributed by atoms with Gasteiger partial charge in [0, 0.05) is 24.1 Å². The average molecular weight is 287 g/mol. The van der Waals surface area contributed by atoms with E-state index in [0.717, 1.165) is 35.6 Å². The topological polar surface area (TPSA) is 68.1 Å². The smallest absolute Gasteiger partial charge is 0.270 e. The van der Waals surface area contributed by atoms with Crippen LogP contribution in [0.2, 0.25) is 0 Å². The molecule has 1 heterocycles. The van der Waals surface area contributed by atoms with Gasteiger partial charge in [-0.3, -0.25) is 10.1 Å². The summed E-state index contributed by atoms with van der Waals surface area (Å²) in [6.45, 7) is 5.37. The fourth-order valence-corrected chi connectivity index (χ4v) is 2.22. The molecule has 112 valence electrons. The number of rotatable bonds is 7. The van der Waals surface area contributed by atoms with Crippen molar-refractivity contribution in [3.05, 3.63) is 40.4 Å². The summed E-state index contributed by atoms with van der Waals surface area (Å²) in [4.78, 5) is 14.8. The predicted octanol–water partition coefficient (Wildman–Crippen LogP) is 4.38. The molecule has 0 aliphatic rings. The van der Waals surface area contributed by atoms with Crippen molar-refractivity contribution in [1.29, 1.82) is 0 Å². The molecule has 1 aromatic carbocycles. The fourth-order valence-electron chi connectivity index (χ4n) is 2.22. The Labute approximate surface area is 124 Å². The number of fused-ring (bicyclic) bond motifs is 1. The third-order valence-corrected chi connectivity index (χ3v) is 3.40. The molecule has 0 unspecified atom stereocenters. The van der Waals surface area contributed by atoms with Crippen LogP contribution in [0.1, 0.15) is 33.1 Å². The summed E-state index contributed by atoms with van der Waals surface area (Å²) in [5.41, 5.74) is 0.867. The van der Waals surface area contributed by atoms with Gasteiger partial charge in [0.2, 0.25) is 0 Å². The molecule has 2 aromatic rings. The lowest BCUT2D eigenvalue weighted by Gasteiger charge is -2.07. The molecule has 0 atom stereocenters. The van der Waals surface area contributed by atoms with Gasteiger partial charge < -0.3 is 5.32 Å². The molecule has 0 spiro atoms. The SMILES string of the molecule is CC(C)CCCCNc1ccc2cc([N+](=O)[O-])ccc2n1. The van der Waals surface area contributed by atoms with Gasteiger partial charge in [-0.25, -0.2) is 4.98 Å². The highest BCUT2D eigenvalue weighted by Crippen LogP contribution is 2.21. The Kier molecular flexibility index (Phi) is 5.09. The van der Waals surface area contributed by atoms with Crippen molar-refractivity contribution in [2.75, 3.05) is 11.9 Å². The summed E-state index contributed by atoms with van der Waals surface area (Å²) in [6.07, 6.45) is 3.58. The Balaban J connectivity index is 1.96. The van der Waals surface area contributed by atoms with Gasteiger partial charge in [0.25, 0.3) is 5.69 Å². The number of nitro benzene ring substituents is 1. The normalized spacial score (nSPS) is 11.0. The van der Waals surface area contributed by atoms with Crippen molar-refractivity contribution < 1.29 is 4.92 Å². The summed E-state index contributed by atoms with van der Waals surface area (Å²) in [6, 6.07) is 8.47. The molecule has 0 amide bonds. The first-order valence-electron chi connectivity index (χ1n) is 7.35. The number of nitrogens with zero attached hydrogens (tertiary/aromatic N) is 2. The largest absolute Gasteiger partial charge is 0.370 e. The zero-order valence-electron chi connectivity index (χ0n) is 12.5. The lowest BCUT2D eigenvalue weighted by molar-refractivity contribution is -0.384. The summed E-state index contributed by atoms with van der Waals surface area (Å²) in [5.74, 6) is 1.57. The van der Waals surface area contributed by atoms with Crippen LogP contribution >= 0.6 is 0 Å². The van der Waals surface area contributed by atoms with Crippen LogP contribution in [0.3, 0.4) is 0 Å². The van der Waals surface area contributed by atoms with Crippen molar-refractivity contribution in [2.24, 2.45) is 5.92 Å². The first-order valence-corrected chi connectivity index (χ1v) is 7.35. The molecule has 1 aromatic heterocycles. The maximum absolute atomic E-state index is 10.7. The number of aromatic nitrogens is 1. The van der Waals surface area contributed by atoms with Gasteiger partial charge in [0.05, 0.1) is 10.4 Å². The Hall–Kier alpha value is -2.17. The zero-order valence-corrected chi connectivity index (χ0v) is 12.5. The summed E-state index contributed by atoms with van der Waals surface area (Å²) in [5, 5.41) is 14.8. The maximum atomic E-state index is 10.7. The van der Waals surface area contributed by atoms with Crippen molar-refractivity contribution in [3.8, 4) is 0 Å². The highest BCUT2D eigenvalue weighted by molar-refractivity contribution is 5.82. The second-order valence-electron chi connectivity index (χ2n) is 5.65. The van der Waals surface area contributed by atoms with Crippen LogP contribution < -0.4 is 5.32 Å². The molecule has 2 rings (SSSR count). The minimum atomic E-state index is -0.389. The van der Waals surface area contributed by atoms with E-state index in [4.69, 9.17) is 0 Å². The van der Waals surface area contributed by atoms with E-state index in [-0.39, 0.29) is 10.6 Å². The third kappa shape index (κ3) is 4.41. The number of unbranched alkanes of at least 4 members (excludes halogenated alkanes) is 1. The number of hydrogen-bond acceptors (Lipinski definition) is 4. The van der Waals surface area contributed by atoms with E-state index >= 15 is 0 Å². The second kappa shape index (κ2) is 7.02. The summed E-state index contributed by atoms with van der Waals surface area (Å²) in [7, 11) is 0. The molecular formula is C16H21N3O2. The second-order valence-corrected chi connectivity index (χ2v) is 5.65. The molecule has 0 aliphatic heterocycles. The molecule has 1 N–H and O–H groups in total. The standard InChI is InChI=1S/C16H21N3O2/c1-12(2)5-3-4-10-17-16-9-6-13-11-14(19(20)21)7-8-15(13)18-16/h6-9,11-12H,3-5,10H2,1-2H3,(H,17,18). The number of pyridine rings is 1. The monoisotopic (exact) mass is 287 g/mol. The molecule has 5 heteroatoms.